The van der Waals surface area contributed by atoms with Crippen LogP contribution in [0.1, 0.15) is 126 Å². The van der Waals surface area contributed by atoms with Gasteiger partial charge in [0, 0.05) is 0 Å². The molecule has 0 amide bonds. The fourth-order valence-electron chi connectivity index (χ4n) is 5.39. The number of carbonyl (C=O) groups is 1. The minimum atomic E-state index is -2.52. The van der Waals surface area contributed by atoms with Crippen molar-refractivity contribution >= 4 is 28.7 Å². The minimum absolute atomic E-state index is 0.0247. The van der Waals surface area contributed by atoms with E-state index in [9.17, 15) is 8.63 Å². The molecule has 1 aliphatic carbocycles. The molecule has 3 rings (SSSR count). The monoisotopic (exact) mass is 558 g/mol. The molecule has 1 aliphatic rings. The number of rotatable bonds is 8. The third-order valence-electron chi connectivity index (χ3n) is 7.79. The Labute approximate surface area is 223 Å². The summed E-state index contributed by atoms with van der Waals surface area (Å²) in [4.78, 5) is 13.0. The van der Waals surface area contributed by atoms with Gasteiger partial charge in [-0.2, -0.15) is 0 Å². The van der Waals surface area contributed by atoms with Gasteiger partial charge < -0.3 is 0 Å². The molecule has 0 aliphatic heterocycles. The second-order valence-corrected chi connectivity index (χ2v) is 15.0. The maximum atomic E-state index is 14.0. The summed E-state index contributed by atoms with van der Waals surface area (Å²) in [6, 6.07) is 11.9. The van der Waals surface area contributed by atoms with E-state index in [1.807, 2.05) is 12.1 Å². The van der Waals surface area contributed by atoms with Gasteiger partial charge in [-0.1, -0.05) is 0 Å². The van der Waals surface area contributed by atoms with Crippen molar-refractivity contribution in [3.05, 3.63) is 58.7 Å². The molecule has 2 aromatic carbocycles. The Hall–Kier alpha value is -1.77. The normalized spacial score (nSPS) is 21.4. The molecule has 0 spiro atoms. The van der Waals surface area contributed by atoms with Crippen LogP contribution in [0.2, 0.25) is 0 Å². The molecule has 1 saturated carbocycles. The van der Waals surface area contributed by atoms with Crippen LogP contribution in [0.5, 0.6) is 0 Å². The maximum absolute atomic E-state index is 14.0. The predicted octanol–water partition coefficient (Wildman–Crippen LogP) is 7.21. The summed E-state index contributed by atoms with van der Waals surface area (Å²) in [7, 11) is 0. The average Bonchev–Trinajstić information content (AvgIpc) is 2.82. The molecule has 2 aromatic rings. The van der Waals surface area contributed by atoms with Crippen LogP contribution in [-0.2, 0) is 8.57 Å². The van der Waals surface area contributed by atoms with E-state index in [4.69, 9.17) is 4.74 Å². The molecule has 0 N–H and O–H groups in total. The van der Waals surface area contributed by atoms with Crippen molar-refractivity contribution in [2.75, 3.05) is 0 Å². The standard InChI is InChI=1S/C32H46O3Se/c1-19(2)25-17-28(21(5)6)31(29(18-25)22(7)8)36(34)26-13-11-24(12-14-26)32(33)35-30-16-23(9)10-15-27(30)20(3)4/h11-14,17-23,27,30H,10,15-16H2,1-9H3/t23-,27+,30-,36?/m1/s1. The predicted molar refractivity (Wildman–Crippen MR) is 151 cm³/mol. The van der Waals surface area contributed by atoms with Gasteiger partial charge in [-0.15, -0.1) is 0 Å². The van der Waals surface area contributed by atoms with Crippen LogP contribution < -0.4 is 8.92 Å². The first-order valence-corrected chi connectivity index (χ1v) is 16.2. The van der Waals surface area contributed by atoms with Gasteiger partial charge in [-0.25, -0.2) is 0 Å². The van der Waals surface area contributed by atoms with E-state index < -0.39 is 13.8 Å². The van der Waals surface area contributed by atoms with Gasteiger partial charge >= 0.3 is 224 Å². The number of hydrogen-bond donors (Lipinski definition) is 0. The fraction of sp³-hybridized carbons (Fsp3) is 0.594. The SMILES string of the molecule is CC(C)c1cc(C(C)C)c([Se](=O)c2ccc(C(=O)O[C@@H]3C[C@H](C)CC[C@H]3C(C)C)cc2)c(C(C)C)c1. The molecule has 3 nitrogen and oxygen atoms in total. The number of carbonyl (C=O) groups excluding carboxylic acids is 1. The van der Waals surface area contributed by atoms with Crippen molar-refractivity contribution in [3.63, 3.8) is 0 Å². The summed E-state index contributed by atoms with van der Waals surface area (Å²) < 4.78 is 21.9. The molecule has 0 radical (unpaired) electrons. The Morgan fingerprint density at radius 3 is 1.89 bits per heavy atom. The van der Waals surface area contributed by atoms with Crippen LogP contribution in [0.4, 0.5) is 0 Å². The molecule has 0 aromatic heterocycles. The summed E-state index contributed by atoms with van der Waals surface area (Å²) in [5.74, 6) is 2.23. The van der Waals surface area contributed by atoms with E-state index in [0.29, 0.717) is 29.2 Å². The first-order valence-electron chi connectivity index (χ1n) is 13.8. The van der Waals surface area contributed by atoms with E-state index in [1.165, 1.54) is 23.1 Å². The second-order valence-electron chi connectivity index (χ2n) is 12.1. The van der Waals surface area contributed by atoms with E-state index in [-0.39, 0.29) is 23.9 Å². The van der Waals surface area contributed by atoms with E-state index in [0.717, 1.165) is 21.8 Å². The topological polar surface area (TPSA) is 43.4 Å². The summed E-state index contributed by atoms with van der Waals surface area (Å²) in [6.07, 6.45) is 3.23. The molecule has 0 saturated heterocycles. The fourth-order valence-corrected chi connectivity index (χ4v) is 8.83. The van der Waals surface area contributed by atoms with Crippen molar-refractivity contribution in [3.8, 4) is 0 Å². The van der Waals surface area contributed by atoms with Gasteiger partial charge in [0.25, 0.3) is 0 Å². The van der Waals surface area contributed by atoms with Crippen molar-refractivity contribution in [1.82, 2.24) is 0 Å². The molecule has 1 unspecified atom stereocenters. The summed E-state index contributed by atoms with van der Waals surface area (Å²) in [5.41, 5.74) is 4.24. The Kier molecular flexibility index (Phi) is 9.74. The molecule has 0 heterocycles. The molecule has 1 fully saturated rings. The molecular weight excluding hydrogens is 511 g/mol. The van der Waals surface area contributed by atoms with Gasteiger partial charge in [-0.3, -0.25) is 0 Å². The number of ether oxygens (including phenoxy) is 1. The third-order valence-corrected chi connectivity index (χ3v) is 11.0. The van der Waals surface area contributed by atoms with Gasteiger partial charge in [0.05, 0.1) is 0 Å². The summed E-state index contributed by atoms with van der Waals surface area (Å²) in [5, 5.41) is 0. The molecular formula is C32H46O3Se. The molecule has 198 valence electrons. The van der Waals surface area contributed by atoms with Crippen LogP contribution in [0.25, 0.3) is 0 Å². The summed E-state index contributed by atoms with van der Waals surface area (Å²) in [6.45, 7) is 19.8. The molecule has 4 atom stereocenters. The number of benzene rings is 2. The molecule has 36 heavy (non-hydrogen) atoms. The summed E-state index contributed by atoms with van der Waals surface area (Å²) >= 11 is -2.52. The quantitative estimate of drug-likeness (QED) is 0.254. The zero-order valence-corrected chi connectivity index (χ0v) is 25.5. The van der Waals surface area contributed by atoms with Crippen LogP contribution in [-0.4, -0.2) is 25.9 Å². The Balaban J connectivity index is 1.88. The second kappa shape index (κ2) is 12.2. The molecule has 4 heteroatoms. The van der Waals surface area contributed by atoms with E-state index in [2.05, 4.69) is 74.4 Å². The van der Waals surface area contributed by atoms with Crippen LogP contribution in [0, 0.1) is 17.8 Å². The number of hydrogen-bond acceptors (Lipinski definition) is 3. The van der Waals surface area contributed by atoms with Crippen LogP contribution in [0.3, 0.4) is 0 Å². The van der Waals surface area contributed by atoms with Crippen molar-refractivity contribution < 1.29 is 13.4 Å². The van der Waals surface area contributed by atoms with Crippen LogP contribution >= 0.6 is 0 Å². The zero-order chi connectivity index (χ0) is 26.7. The van der Waals surface area contributed by atoms with Crippen molar-refractivity contribution in [2.24, 2.45) is 17.8 Å². The van der Waals surface area contributed by atoms with E-state index >= 15 is 0 Å². The Bertz CT molecular complexity index is 1040. The van der Waals surface area contributed by atoms with Gasteiger partial charge in [0.15, 0.2) is 0 Å². The Morgan fingerprint density at radius 2 is 1.42 bits per heavy atom. The van der Waals surface area contributed by atoms with Crippen LogP contribution in [0.15, 0.2) is 36.4 Å². The van der Waals surface area contributed by atoms with Gasteiger partial charge in [0.1, 0.15) is 0 Å². The molecule has 0 bridgehead atoms. The van der Waals surface area contributed by atoms with E-state index in [1.54, 1.807) is 12.1 Å². The first kappa shape index (κ1) is 28.8. The van der Waals surface area contributed by atoms with Crippen molar-refractivity contribution in [1.29, 1.82) is 0 Å². The Morgan fingerprint density at radius 1 is 0.861 bits per heavy atom. The van der Waals surface area contributed by atoms with Gasteiger partial charge in [0.2, 0.25) is 0 Å². The average molecular weight is 558 g/mol. The first-order chi connectivity index (χ1) is 16.9. The third kappa shape index (κ3) is 6.56. The number of esters is 1. The van der Waals surface area contributed by atoms with Crippen molar-refractivity contribution in [2.45, 2.75) is 105 Å². The van der Waals surface area contributed by atoms with Gasteiger partial charge in [-0.05, 0) is 0 Å². The zero-order valence-electron chi connectivity index (χ0n) is 23.8.